The van der Waals surface area contributed by atoms with Crippen LogP contribution in [0.15, 0.2) is 23.8 Å². The molecule has 1 aliphatic heterocycles. The second-order valence-electron chi connectivity index (χ2n) is 11.2. The molecule has 38 heavy (non-hydrogen) atoms. The first kappa shape index (κ1) is 28.8. The zero-order valence-corrected chi connectivity index (χ0v) is 23.4. The van der Waals surface area contributed by atoms with Gasteiger partial charge in [0.1, 0.15) is 39.9 Å². The third kappa shape index (κ3) is 5.42. The van der Waals surface area contributed by atoms with Crippen LogP contribution in [-0.2, 0) is 6.42 Å². The summed E-state index contributed by atoms with van der Waals surface area (Å²) in [5.74, 6) is -3.23. The largest absolute Gasteiger partial charge is 0.507 e. The van der Waals surface area contributed by atoms with Gasteiger partial charge in [-0.2, -0.15) is 0 Å². The molecule has 0 aromatic heterocycles. The first-order valence-corrected chi connectivity index (χ1v) is 12.8. The van der Waals surface area contributed by atoms with Gasteiger partial charge in [-0.25, -0.2) is 0 Å². The molecule has 0 bridgehead atoms. The van der Waals surface area contributed by atoms with Gasteiger partial charge < -0.3 is 25.2 Å². The van der Waals surface area contributed by atoms with Crippen molar-refractivity contribution >= 4 is 17.6 Å². The average Bonchev–Trinajstić information content (AvgIpc) is 2.76. The van der Waals surface area contributed by atoms with Crippen LogP contribution in [0.2, 0.25) is 0 Å². The molecule has 0 aliphatic carbocycles. The minimum atomic E-state index is -0.952. The van der Waals surface area contributed by atoms with Crippen LogP contribution in [-0.4, -0.2) is 37.6 Å². The number of benzene rings is 2. The lowest BCUT2D eigenvalue weighted by atomic mass is 9.78. The summed E-state index contributed by atoms with van der Waals surface area (Å²) < 4.78 is 5.99. The molecule has 7 nitrogen and oxygen atoms in total. The van der Waals surface area contributed by atoms with E-state index >= 15 is 0 Å². The summed E-state index contributed by atoms with van der Waals surface area (Å²) in [6, 6.07) is 1.47. The van der Waals surface area contributed by atoms with Crippen LogP contribution in [0.5, 0.6) is 28.7 Å². The number of allylic oxidation sites excluding steroid dienone is 2. The monoisotopic (exact) mass is 522 g/mol. The Morgan fingerprint density at radius 2 is 1.53 bits per heavy atom. The molecule has 0 spiro atoms. The maximum absolute atomic E-state index is 12.8. The fourth-order valence-electron chi connectivity index (χ4n) is 4.90. The summed E-state index contributed by atoms with van der Waals surface area (Å²) in [5, 5.41) is 45.7. The van der Waals surface area contributed by atoms with E-state index in [1.54, 1.807) is 26.0 Å². The van der Waals surface area contributed by atoms with Gasteiger partial charge in [0.15, 0.2) is 11.6 Å². The molecular weight excluding hydrogens is 484 g/mol. The number of Topliss-reactive ketones (excluding diaryl/α,β-unsaturated/α-hetero) is 2. The Morgan fingerprint density at radius 3 is 2.05 bits per heavy atom. The molecule has 7 heteroatoms. The molecule has 1 aliphatic rings. The molecule has 2 aromatic rings. The number of carbonyl (C=O) groups is 2. The van der Waals surface area contributed by atoms with Gasteiger partial charge in [-0.05, 0) is 84.1 Å². The minimum Gasteiger partial charge on any atom is -0.507 e. The summed E-state index contributed by atoms with van der Waals surface area (Å²) in [7, 11) is 0. The van der Waals surface area contributed by atoms with Gasteiger partial charge in [0.25, 0.3) is 0 Å². The fourth-order valence-corrected chi connectivity index (χ4v) is 4.90. The first-order valence-electron chi connectivity index (χ1n) is 12.8. The molecule has 1 heterocycles. The quantitative estimate of drug-likeness (QED) is 0.222. The Kier molecular flexibility index (Phi) is 8.01. The second-order valence-corrected chi connectivity index (χ2v) is 11.2. The van der Waals surface area contributed by atoms with Gasteiger partial charge >= 0.3 is 0 Å². The Labute approximate surface area is 224 Å². The maximum atomic E-state index is 12.8. The zero-order chi connectivity index (χ0) is 28.7. The third-order valence-electron chi connectivity index (χ3n) is 6.74. The Balaban J connectivity index is 2.46. The summed E-state index contributed by atoms with van der Waals surface area (Å²) >= 11 is 0. The van der Waals surface area contributed by atoms with Crippen molar-refractivity contribution < 1.29 is 34.8 Å². The van der Waals surface area contributed by atoms with Gasteiger partial charge in [-0.1, -0.05) is 25.5 Å². The second kappa shape index (κ2) is 10.6. The highest BCUT2D eigenvalue weighted by Gasteiger charge is 2.37. The van der Waals surface area contributed by atoms with Crippen LogP contribution in [0, 0.1) is 5.92 Å². The fraction of sp³-hybridized carbons (Fsp3) is 0.419. The normalized spacial score (nSPS) is 14.6. The molecule has 0 saturated heterocycles. The number of ether oxygens (including phenoxy) is 1. The van der Waals surface area contributed by atoms with E-state index in [0.29, 0.717) is 12.0 Å². The van der Waals surface area contributed by atoms with Crippen LogP contribution in [0.25, 0.3) is 6.08 Å². The zero-order valence-electron chi connectivity index (χ0n) is 23.4. The van der Waals surface area contributed by atoms with Crippen molar-refractivity contribution in [2.75, 3.05) is 0 Å². The molecule has 3 rings (SSSR count). The Morgan fingerprint density at radius 1 is 0.921 bits per heavy atom. The number of phenols is 4. The van der Waals surface area contributed by atoms with Gasteiger partial charge in [0.2, 0.25) is 0 Å². The van der Waals surface area contributed by atoms with Crippen molar-refractivity contribution in [1.29, 1.82) is 0 Å². The van der Waals surface area contributed by atoms with Gasteiger partial charge in [-0.3, -0.25) is 9.59 Å². The van der Waals surface area contributed by atoms with Crippen molar-refractivity contribution in [3.05, 3.63) is 57.2 Å². The van der Waals surface area contributed by atoms with Crippen LogP contribution in [0.1, 0.15) is 111 Å². The summed E-state index contributed by atoms with van der Waals surface area (Å²) in [6.07, 6.45) is 5.85. The maximum Gasteiger partial charge on any atom is 0.167 e. The number of hydrogen-bond acceptors (Lipinski definition) is 7. The van der Waals surface area contributed by atoms with Crippen molar-refractivity contribution in [2.45, 2.75) is 79.8 Å². The smallest absolute Gasteiger partial charge is 0.167 e. The lowest BCUT2D eigenvalue weighted by Crippen LogP contribution is -2.29. The molecule has 1 unspecified atom stereocenters. The summed E-state index contributed by atoms with van der Waals surface area (Å²) in [5.41, 5.74) is 0.811. The van der Waals surface area contributed by atoms with E-state index < -0.39 is 34.6 Å². The predicted octanol–water partition coefficient (Wildman–Crippen LogP) is 6.79. The first-order chi connectivity index (χ1) is 17.6. The average molecular weight is 523 g/mol. The van der Waals surface area contributed by atoms with E-state index in [1.807, 2.05) is 33.8 Å². The highest BCUT2D eigenvalue weighted by molar-refractivity contribution is 6.03. The van der Waals surface area contributed by atoms with E-state index in [9.17, 15) is 30.0 Å². The van der Waals surface area contributed by atoms with Crippen molar-refractivity contribution in [1.82, 2.24) is 0 Å². The Bertz CT molecular complexity index is 1360. The molecule has 1 atom stereocenters. The van der Waals surface area contributed by atoms with E-state index in [4.69, 9.17) is 4.74 Å². The summed E-state index contributed by atoms with van der Waals surface area (Å²) in [4.78, 5) is 25.3. The standard InChI is InChI=1S/C31H38O7/c1-15(2)9-10-19-14-21(17(5)32)28(36)24(26(19)34)22(13-16(3)4)25-27(35)20-11-12-31(7,8)38-30(20)23(18(6)33)29(25)37/h9,11-12,14,16,22,34-37H,10,13H2,1-8H3. The SMILES string of the molecule is CC(=O)c1cc(CC=C(C)C)c(O)c(C(CC(C)C)c2c(O)c3c(c(C(C)=O)c2O)OC(C)(C)C=C3)c1O. The van der Waals surface area contributed by atoms with Crippen molar-refractivity contribution in [2.24, 2.45) is 5.92 Å². The highest BCUT2D eigenvalue weighted by atomic mass is 16.5. The molecule has 0 saturated carbocycles. The van der Waals surface area contributed by atoms with Crippen LogP contribution < -0.4 is 4.74 Å². The lowest BCUT2D eigenvalue weighted by Gasteiger charge is -2.32. The number of rotatable bonds is 8. The number of hydrogen-bond donors (Lipinski definition) is 4. The van der Waals surface area contributed by atoms with E-state index in [1.165, 1.54) is 19.9 Å². The number of phenolic OH excluding ortho intramolecular Hbond substituents is 4. The topological polar surface area (TPSA) is 124 Å². The van der Waals surface area contributed by atoms with E-state index in [-0.39, 0.29) is 57.4 Å². The predicted molar refractivity (Wildman–Crippen MR) is 148 cm³/mol. The molecule has 204 valence electrons. The third-order valence-corrected chi connectivity index (χ3v) is 6.74. The number of ketones is 2. The number of carbonyl (C=O) groups excluding carboxylic acids is 2. The molecule has 0 fully saturated rings. The lowest BCUT2D eigenvalue weighted by molar-refractivity contribution is 0.0991. The molecule has 2 aromatic carbocycles. The minimum absolute atomic E-state index is 0.0182. The summed E-state index contributed by atoms with van der Waals surface area (Å²) in [6.45, 7) is 13.9. The highest BCUT2D eigenvalue weighted by Crippen LogP contribution is 2.54. The van der Waals surface area contributed by atoms with Crippen molar-refractivity contribution in [3.8, 4) is 28.7 Å². The van der Waals surface area contributed by atoms with E-state index in [2.05, 4.69) is 0 Å². The van der Waals surface area contributed by atoms with Crippen molar-refractivity contribution in [3.63, 3.8) is 0 Å². The molecule has 0 radical (unpaired) electrons. The Hall–Kier alpha value is -3.74. The van der Waals surface area contributed by atoms with Gasteiger partial charge in [-0.15, -0.1) is 0 Å². The molecular formula is C31H38O7. The van der Waals surface area contributed by atoms with Crippen LogP contribution >= 0.6 is 0 Å². The molecule has 4 N–H and O–H groups in total. The molecule has 0 amide bonds. The number of fused-ring (bicyclic) bond motifs is 1. The van der Waals surface area contributed by atoms with Crippen LogP contribution in [0.3, 0.4) is 0 Å². The van der Waals surface area contributed by atoms with E-state index in [0.717, 1.165) is 5.57 Å². The number of aromatic hydroxyl groups is 4. The van der Waals surface area contributed by atoms with Crippen LogP contribution in [0.4, 0.5) is 0 Å². The van der Waals surface area contributed by atoms with Gasteiger partial charge in [0, 0.05) is 17.0 Å². The van der Waals surface area contributed by atoms with Gasteiger partial charge in [0.05, 0.1) is 11.1 Å².